The first-order valence-corrected chi connectivity index (χ1v) is 16.1. The van der Waals surface area contributed by atoms with Gasteiger partial charge in [-0.3, -0.25) is 14.5 Å². The molecule has 0 bridgehead atoms. The Bertz CT molecular complexity index is 1400. The van der Waals surface area contributed by atoms with Crippen LogP contribution in [-0.2, 0) is 9.53 Å². The number of ether oxygens (including phenoxy) is 1. The Balaban J connectivity index is 1.16. The van der Waals surface area contributed by atoms with Crippen LogP contribution in [0.3, 0.4) is 0 Å². The minimum Gasteiger partial charge on any atom is -0.372 e. The lowest BCUT2D eigenvalue weighted by molar-refractivity contribution is -0.120. The predicted octanol–water partition coefficient (Wildman–Crippen LogP) is 5.06. The summed E-state index contributed by atoms with van der Waals surface area (Å²) < 4.78 is 22.6. The second-order valence-electron chi connectivity index (χ2n) is 12.2. The molecule has 10 heteroatoms. The molecule has 1 unspecified atom stereocenters. The Labute approximate surface area is 245 Å². The average Bonchev–Trinajstić information content (AvgIpc) is 3.70. The Morgan fingerprint density at radius 3 is 2.59 bits per heavy atom. The number of pyridine rings is 1. The minimum absolute atomic E-state index is 0.114. The van der Waals surface area contributed by atoms with E-state index in [1.807, 2.05) is 19.3 Å². The van der Waals surface area contributed by atoms with E-state index in [9.17, 15) is 14.0 Å². The van der Waals surface area contributed by atoms with Crippen molar-refractivity contribution < 1.29 is 18.7 Å². The third-order valence-electron chi connectivity index (χ3n) is 9.40. The lowest BCUT2D eigenvalue weighted by atomic mass is 9.80. The van der Waals surface area contributed by atoms with E-state index >= 15 is 0 Å². The summed E-state index contributed by atoms with van der Waals surface area (Å²) in [6, 6.07) is 2.13. The van der Waals surface area contributed by atoms with Crippen molar-refractivity contribution in [2.75, 3.05) is 25.9 Å². The van der Waals surface area contributed by atoms with Gasteiger partial charge in [0.1, 0.15) is 11.5 Å². The van der Waals surface area contributed by atoms with Crippen molar-refractivity contribution in [3.05, 3.63) is 40.3 Å². The van der Waals surface area contributed by atoms with Gasteiger partial charge in [-0.15, -0.1) is 11.8 Å². The van der Waals surface area contributed by atoms with Gasteiger partial charge in [-0.2, -0.15) is 0 Å². The minimum atomic E-state index is -0.516. The smallest absolute Gasteiger partial charge is 0.255 e. The molecule has 1 saturated heterocycles. The van der Waals surface area contributed by atoms with E-state index in [2.05, 4.69) is 31.7 Å². The van der Waals surface area contributed by atoms with Crippen LogP contribution in [0.15, 0.2) is 28.2 Å². The summed E-state index contributed by atoms with van der Waals surface area (Å²) in [7, 11) is 0. The van der Waals surface area contributed by atoms with Crippen molar-refractivity contribution in [1.29, 1.82) is 0 Å². The fraction of sp³-hybridized carbons (Fsp3) is 0.613. The van der Waals surface area contributed by atoms with Crippen molar-refractivity contribution in [2.45, 2.75) is 83.6 Å². The normalized spacial score (nSPS) is 26.5. The van der Waals surface area contributed by atoms with Gasteiger partial charge in [-0.05, 0) is 83.6 Å². The quantitative estimate of drug-likeness (QED) is 0.445. The molecule has 2 aliphatic carbocycles. The van der Waals surface area contributed by atoms with E-state index < -0.39 is 11.7 Å². The molecule has 220 valence electrons. The van der Waals surface area contributed by atoms with Crippen LogP contribution >= 0.6 is 11.8 Å². The molecule has 1 N–H and O–H groups in total. The summed E-state index contributed by atoms with van der Waals surface area (Å²) in [5.74, 6) is -1.13. The molecule has 2 aliphatic heterocycles. The number of rotatable bonds is 9. The second-order valence-corrected chi connectivity index (χ2v) is 13.1. The van der Waals surface area contributed by atoms with Gasteiger partial charge in [0.05, 0.1) is 29.9 Å². The van der Waals surface area contributed by atoms with E-state index in [4.69, 9.17) is 4.74 Å². The summed E-state index contributed by atoms with van der Waals surface area (Å²) in [6.07, 6.45) is 12.9. The van der Waals surface area contributed by atoms with Gasteiger partial charge < -0.3 is 14.6 Å². The lowest BCUT2D eigenvalue weighted by Gasteiger charge is -2.47. The van der Waals surface area contributed by atoms with Gasteiger partial charge in [0.2, 0.25) is 0 Å². The molecular formula is C31H40FN5O3S. The monoisotopic (exact) mass is 581 g/mol. The molecule has 0 aromatic carbocycles. The molecule has 8 nitrogen and oxygen atoms in total. The van der Waals surface area contributed by atoms with Crippen molar-refractivity contribution in [3.8, 4) is 0 Å². The fourth-order valence-electron chi connectivity index (χ4n) is 6.94. The molecule has 6 rings (SSSR count). The number of hydrogen-bond donors (Lipinski definition) is 1. The first-order chi connectivity index (χ1) is 19.7. The molecule has 4 aliphatic rings. The van der Waals surface area contributed by atoms with Gasteiger partial charge in [0.25, 0.3) is 11.8 Å². The van der Waals surface area contributed by atoms with Gasteiger partial charge >= 0.3 is 0 Å². The van der Waals surface area contributed by atoms with E-state index in [0.717, 1.165) is 49.4 Å². The number of thioether (sulfide) groups is 1. The molecule has 0 radical (unpaired) electrons. The highest BCUT2D eigenvalue weighted by Crippen LogP contribution is 2.40. The number of nitrogens with zero attached hydrogens (tertiary/aromatic N) is 4. The van der Waals surface area contributed by atoms with E-state index in [1.54, 1.807) is 6.92 Å². The zero-order valence-corrected chi connectivity index (χ0v) is 25.2. The summed E-state index contributed by atoms with van der Waals surface area (Å²) >= 11 is 1.49. The third-order valence-corrected chi connectivity index (χ3v) is 10.3. The maximum Gasteiger partial charge on any atom is 0.255 e. The van der Waals surface area contributed by atoms with Crippen LogP contribution in [0.1, 0.15) is 74.5 Å². The number of aromatic nitrogens is 2. The number of amides is 2. The van der Waals surface area contributed by atoms with Gasteiger partial charge in [-0.1, -0.05) is 0 Å². The highest BCUT2D eigenvalue weighted by Gasteiger charge is 2.39. The average molecular weight is 582 g/mol. The van der Waals surface area contributed by atoms with Crippen molar-refractivity contribution >= 4 is 40.3 Å². The molecule has 2 atom stereocenters. The van der Waals surface area contributed by atoms with Crippen molar-refractivity contribution in [2.24, 2.45) is 16.8 Å². The Morgan fingerprint density at radius 1 is 1.17 bits per heavy atom. The van der Waals surface area contributed by atoms with Crippen LogP contribution in [-0.4, -0.2) is 76.1 Å². The fourth-order valence-corrected chi connectivity index (χ4v) is 7.70. The van der Waals surface area contributed by atoms with Crippen molar-refractivity contribution in [1.82, 2.24) is 19.8 Å². The van der Waals surface area contributed by atoms with E-state index in [1.165, 1.54) is 36.9 Å². The summed E-state index contributed by atoms with van der Waals surface area (Å²) in [5.41, 5.74) is 2.50. The number of likely N-dealkylation sites (tertiary alicyclic amines) is 1. The topological polar surface area (TPSA) is 88.8 Å². The number of carbonyl (C=O) groups excluding carboxylic acids is 2. The maximum absolute atomic E-state index is 14.4. The highest BCUT2D eigenvalue weighted by atomic mass is 32.2. The number of dihydropyridines is 1. The van der Waals surface area contributed by atoms with Crippen LogP contribution in [0.25, 0.3) is 11.0 Å². The van der Waals surface area contributed by atoms with Crippen molar-refractivity contribution in [3.63, 3.8) is 0 Å². The van der Waals surface area contributed by atoms with Gasteiger partial charge in [0.15, 0.2) is 0 Å². The molecule has 41 heavy (non-hydrogen) atoms. The third kappa shape index (κ3) is 5.75. The summed E-state index contributed by atoms with van der Waals surface area (Å²) in [5, 5.41) is 3.46. The number of allylic oxidation sites excluding steroid dienone is 1. The maximum atomic E-state index is 14.4. The lowest BCUT2D eigenvalue weighted by Crippen LogP contribution is -2.57. The van der Waals surface area contributed by atoms with Gasteiger partial charge in [-0.25, -0.2) is 14.4 Å². The molecule has 4 heterocycles. The summed E-state index contributed by atoms with van der Waals surface area (Å²) in [6.45, 7) is 8.17. The zero-order valence-electron chi connectivity index (χ0n) is 24.4. The van der Waals surface area contributed by atoms with E-state index in [0.29, 0.717) is 46.5 Å². The number of fused-ring (bicyclic) bond motifs is 1. The molecular weight excluding hydrogens is 541 g/mol. The molecule has 0 spiro atoms. The SMILES string of the molecule is CSC1=CC(C)=NC(=O)C1CNC(=O)c1c(C)n([C@H](C)C2CCC(N3CC(OC4CC4)C3)CC2)c2ncc(F)cc12. The number of halogens is 1. The molecule has 2 aromatic heterocycles. The Kier molecular flexibility index (Phi) is 8.09. The van der Waals surface area contributed by atoms with Crippen LogP contribution in [0.2, 0.25) is 0 Å². The van der Waals surface area contributed by atoms with E-state index in [-0.39, 0.29) is 24.4 Å². The highest BCUT2D eigenvalue weighted by molar-refractivity contribution is 8.02. The number of hydrogen-bond acceptors (Lipinski definition) is 6. The van der Waals surface area contributed by atoms with Crippen LogP contribution in [0.4, 0.5) is 4.39 Å². The Hall–Kier alpha value is -2.56. The van der Waals surface area contributed by atoms with Gasteiger partial charge in [0, 0.05) is 53.4 Å². The molecule has 2 aromatic rings. The summed E-state index contributed by atoms with van der Waals surface area (Å²) in [4.78, 5) is 38.2. The van der Waals surface area contributed by atoms with Crippen LogP contribution in [0, 0.1) is 24.6 Å². The van der Waals surface area contributed by atoms with Crippen LogP contribution in [0.5, 0.6) is 0 Å². The van der Waals surface area contributed by atoms with Crippen LogP contribution < -0.4 is 5.32 Å². The zero-order chi connectivity index (χ0) is 28.8. The Morgan fingerprint density at radius 2 is 1.90 bits per heavy atom. The molecule has 2 amide bonds. The first kappa shape index (κ1) is 28.6. The standard InChI is InChI=1S/C31H40FN5O3S/c1-17-11-27(41-4)26(30(38)35-17)14-34-31(39)28-19(3)37(29-25(28)12-21(32)13-33-29)18(2)20-5-7-22(8-6-20)36-15-24(16-36)40-23-9-10-23/h11-13,18,20,22-24,26H,5-10,14-16H2,1-4H3,(H,34,39)/t18-,20?,22?,26?/m1/s1. The second kappa shape index (κ2) is 11.6. The predicted molar refractivity (Wildman–Crippen MR) is 160 cm³/mol. The number of nitrogens with one attached hydrogen (secondary N) is 1. The number of carbonyl (C=O) groups is 2. The molecule has 3 fully saturated rings. The first-order valence-electron chi connectivity index (χ1n) is 14.9. The number of aliphatic imine (C=N–C) groups is 1. The largest absolute Gasteiger partial charge is 0.372 e. The molecule has 2 saturated carbocycles.